The average molecular weight is 516 g/mol. The number of aliphatic imine (C=N–C) groups is 1. The van der Waals surface area contributed by atoms with Crippen LogP contribution in [0.2, 0.25) is 0 Å². The molecule has 1 fully saturated rings. The van der Waals surface area contributed by atoms with E-state index in [0.29, 0.717) is 12.5 Å². The molecule has 6 nitrogen and oxygen atoms in total. The third kappa shape index (κ3) is 9.69. The van der Waals surface area contributed by atoms with Gasteiger partial charge in [-0.15, -0.1) is 24.0 Å². The second-order valence-electron chi connectivity index (χ2n) is 7.41. The van der Waals surface area contributed by atoms with E-state index in [1.807, 2.05) is 0 Å². The normalized spacial score (nSPS) is 16.3. The zero-order valence-electron chi connectivity index (χ0n) is 18.1. The van der Waals surface area contributed by atoms with Crippen LogP contribution >= 0.6 is 24.0 Å². The van der Waals surface area contributed by atoms with E-state index in [1.54, 1.807) is 0 Å². The van der Waals surface area contributed by atoms with Gasteiger partial charge in [0.05, 0.1) is 7.11 Å². The van der Waals surface area contributed by atoms with Gasteiger partial charge in [0, 0.05) is 44.3 Å². The van der Waals surface area contributed by atoms with E-state index in [1.165, 1.54) is 18.4 Å². The Morgan fingerprint density at radius 3 is 2.62 bits per heavy atom. The molecular formula is C22H37IN4O2. The predicted octanol–water partition coefficient (Wildman–Crippen LogP) is 3.87. The minimum Gasteiger partial charge on any atom is -0.469 e. The number of anilines is 1. The van der Waals surface area contributed by atoms with E-state index >= 15 is 0 Å². The molecule has 0 aromatic heterocycles. The standard InChI is InChI=1S/C22H36N4O2.HI/c1-4-23-22(24-15-8-6-5-7-9-21(27)28-3)25-19-14-16-26(17-19)20-12-10-18(2)11-13-20;/h10-13,19H,4-9,14-17H2,1-3H3,(H2,23,24,25);1H. The molecule has 2 N–H and O–H groups in total. The molecule has 0 amide bonds. The first-order chi connectivity index (χ1) is 13.6. The lowest BCUT2D eigenvalue weighted by Crippen LogP contribution is -2.44. The molecule has 0 bridgehead atoms. The third-order valence-corrected chi connectivity index (χ3v) is 5.06. The lowest BCUT2D eigenvalue weighted by molar-refractivity contribution is -0.140. The van der Waals surface area contributed by atoms with Gasteiger partial charge < -0.3 is 20.3 Å². The van der Waals surface area contributed by atoms with Gasteiger partial charge >= 0.3 is 5.97 Å². The Balaban J connectivity index is 0.00000420. The summed E-state index contributed by atoms with van der Waals surface area (Å²) in [5.41, 5.74) is 2.59. The quantitative estimate of drug-likeness (QED) is 0.163. The number of ether oxygens (including phenoxy) is 1. The number of unbranched alkanes of at least 4 members (excludes halogenated alkanes) is 3. The maximum atomic E-state index is 11.1. The summed E-state index contributed by atoms with van der Waals surface area (Å²) in [6, 6.07) is 9.17. The minimum absolute atomic E-state index is 0. The van der Waals surface area contributed by atoms with E-state index in [2.05, 4.69) is 58.4 Å². The number of rotatable bonds is 10. The number of methoxy groups -OCH3 is 1. The Morgan fingerprint density at radius 1 is 1.21 bits per heavy atom. The Kier molecular flexibility index (Phi) is 12.7. The number of hydrogen-bond donors (Lipinski definition) is 2. The largest absolute Gasteiger partial charge is 0.469 e. The molecule has 0 saturated carbocycles. The van der Waals surface area contributed by atoms with Crippen LogP contribution in [0.4, 0.5) is 5.69 Å². The number of carbonyl (C=O) groups excluding carboxylic acids is 1. The Morgan fingerprint density at radius 2 is 1.93 bits per heavy atom. The van der Waals surface area contributed by atoms with E-state index in [9.17, 15) is 4.79 Å². The molecule has 0 radical (unpaired) electrons. The summed E-state index contributed by atoms with van der Waals surface area (Å²) in [5, 5.41) is 6.94. The van der Waals surface area contributed by atoms with Gasteiger partial charge in [0.15, 0.2) is 5.96 Å². The van der Waals surface area contributed by atoms with Gasteiger partial charge in [-0.25, -0.2) is 0 Å². The highest BCUT2D eigenvalue weighted by molar-refractivity contribution is 14.0. The van der Waals surface area contributed by atoms with Crippen molar-refractivity contribution in [2.45, 2.75) is 58.4 Å². The minimum atomic E-state index is -0.118. The average Bonchev–Trinajstić information content (AvgIpc) is 3.16. The van der Waals surface area contributed by atoms with Gasteiger partial charge in [-0.1, -0.05) is 30.5 Å². The monoisotopic (exact) mass is 516 g/mol. The molecule has 1 atom stereocenters. The summed E-state index contributed by atoms with van der Waals surface area (Å²) in [6.45, 7) is 7.95. The van der Waals surface area contributed by atoms with Gasteiger partial charge in [0.25, 0.3) is 0 Å². The Hall–Kier alpha value is -1.51. The zero-order valence-corrected chi connectivity index (χ0v) is 20.4. The maximum Gasteiger partial charge on any atom is 0.305 e. The molecule has 1 aliphatic heterocycles. The maximum absolute atomic E-state index is 11.1. The van der Waals surface area contributed by atoms with Crippen molar-refractivity contribution < 1.29 is 9.53 Å². The van der Waals surface area contributed by atoms with Crippen LogP contribution in [0, 0.1) is 6.92 Å². The number of aryl methyl sites for hydroxylation is 1. The van der Waals surface area contributed by atoms with Crippen LogP contribution in [0.25, 0.3) is 0 Å². The lowest BCUT2D eigenvalue weighted by atomic mass is 10.1. The number of nitrogens with zero attached hydrogens (tertiary/aromatic N) is 2. The van der Waals surface area contributed by atoms with Crippen LogP contribution in [-0.4, -0.2) is 51.3 Å². The van der Waals surface area contributed by atoms with Crippen molar-refractivity contribution in [1.82, 2.24) is 10.6 Å². The second kappa shape index (κ2) is 14.5. The summed E-state index contributed by atoms with van der Waals surface area (Å²) < 4.78 is 4.66. The highest BCUT2D eigenvalue weighted by Crippen LogP contribution is 2.20. The smallest absolute Gasteiger partial charge is 0.305 e. The van der Waals surface area contributed by atoms with Gasteiger partial charge in [0.2, 0.25) is 0 Å². The summed E-state index contributed by atoms with van der Waals surface area (Å²) in [5.74, 6) is 0.792. The molecule has 1 saturated heterocycles. The topological polar surface area (TPSA) is 66.0 Å². The number of guanidine groups is 1. The molecule has 164 valence electrons. The highest BCUT2D eigenvalue weighted by atomic mass is 127. The van der Waals surface area contributed by atoms with Crippen LogP contribution in [0.1, 0.15) is 51.0 Å². The fraction of sp³-hybridized carbons (Fsp3) is 0.636. The third-order valence-electron chi connectivity index (χ3n) is 5.06. The molecule has 2 rings (SSSR count). The molecule has 29 heavy (non-hydrogen) atoms. The number of halogens is 1. The number of hydrogen-bond acceptors (Lipinski definition) is 4. The predicted molar refractivity (Wildman–Crippen MR) is 131 cm³/mol. The van der Waals surface area contributed by atoms with Crippen molar-refractivity contribution in [1.29, 1.82) is 0 Å². The van der Waals surface area contributed by atoms with E-state index in [0.717, 1.165) is 64.2 Å². The van der Waals surface area contributed by atoms with Crippen molar-refractivity contribution >= 4 is 41.6 Å². The fourth-order valence-corrected chi connectivity index (χ4v) is 3.41. The Bertz CT molecular complexity index is 622. The zero-order chi connectivity index (χ0) is 20.2. The van der Waals surface area contributed by atoms with Crippen molar-refractivity contribution in [3.63, 3.8) is 0 Å². The second-order valence-corrected chi connectivity index (χ2v) is 7.41. The molecule has 1 aromatic rings. The summed E-state index contributed by atoms with van der Waals surface area (Å²) in [4.78, 5) is 18.2. The first-order valence-corrected chi connectivity index (χ1v) is 10.6. The van der Waals surface area contributed by atoms with Crippen molar-refractivity contribution in [2.24, 2.45) is 4.99 Å². The first kappa shape index (κ1) is 25.5. The van der Waals surface area contributed by atoms with Gasteiger partial charge in [-0.2, -0.15) is 0 Å². The fourth-order valence-electron chi connectivity index (χ4n) is 3.41. The summed E-state index contributed by atoms with van der Waals surface area (Å²) in [7, 11) is 1.44. The van der Waals surface area contributed by atoms with Gasteiger partial charge in [-0.05, 0) is 45.2 Å². The van der Waals surface area contributed by atoms with Crippen LogP contribution in [0.5, 0.6) is 0 Å². The van der Waals surface area contributed by atoms with Gasteiger partial charge in [-0.3, -0.25) is 9.79 Å². The summed E-state index contributed by atoms with van der Waals surface area (Å²) >= 11 is 0. The van der Waals surface area contributed by atoms with Crippen molar-refractivity contribution in [3.8, 4) is 0 Å². The first-order valence-electron chi connectivity index (χ1n) is 10.6. The van der Waals surface area contributed by atoms with E-state index < -0.39 is 0 Å². The number of esters is 1. The van der Waals surface area contributed by atoms with Crippen molar-refractivity contribution in [2.75, 3.05) is 38.2 Å². The van der Waals surface area contributed by atoms with Gasteiger partial charge in [0.1, 0.15) is 0 Å². The highest BCUT2D eigenvalue weighted by Gasteiger charge is 2.23. The molecule has 0 spiro atoms. The van der Waals surface area contributed by atoms with Crippen LogP contribution in [-0.2, 0) is 9.53 Å². The van der Waals surface area contributed by atoms with Crippen LogP contribution in [0.3, 0.4) is 0 Å². The summed E-state index contributed by atoms with van der Waals surface area (Å²) in [6.07, 6.45) is 5.70. The van der Waals surface area contributed by atoms with Crippen molar-refractivity contribution in [3.05, 3.63) is 29.8 Å². The van der Waals surface area contributed by atoms with Crippen LogP contribution < -0.4 is 15.5 Å². The molecule has 7 heteroatoms. The number of benzene rings is 1. The number of nitrogens with one attached hydrogen (secondary N) is 2. The Labute approximate surface area is 192 Å². The van der Waals surface area contributed by atoms with E-state index in [4.69, 9.17) is 4.99 Å². The lowest BCUT2D eigenvalue weighted by Gasteiger charge is -2.20. The van der Waals surface area contributed by atoms with E-state index in [-0.39, 0.29) is 29.9 Å². The molecule has 1 unspecified atom stereocenters. The molecule has 1 aromatic carbocycles. The molecule has 1 aliphatic rings. The SMILES string of the molecule is CCNC(=NCCCCCCC(=O)OC)NC1CCN(c2ccc(C)cc2)C1.I. The molecule has 0 aliphatic carbocycles. The number of carbonyl (C=O) groups is 1. The molecular weight excluding hydrogens is 479 g/mol. The molecule has 1 heterocycles. The van der Waals surface area contributed by atoms with Crippen LogP contribution in [0.15, 0.2) is 29.3 Å².